The molecule has 0 saturated carbocycles. The number of piperazine rings is 1. The number of aliphatic hydroxyl groups is 1. The molecule has 0 bridgehead atoms. The molecule has 0 unspecified atom stereocenters. The highest BCUT2D eigenvalue weighted by Crippen LogP contribution is 2.33. The predicted octanol–water partition coefficient (Wildman–Crippen LogP) is 1.44. The van der Waals surface area contributed by atoms with Crippen molar-refractivity contribution in [2.45, 2.75) is 19.9 Å². The summed E-state index contributed by atoms with van der Waals surface area (Å²) >= 11 is 5.98. The van der Waals surface area contributed by atoms with E-state index in [1.54, 1.807) is 24.3 Å². The summed E-state index contributed by atoms with van der Waals surface area (Å²) in [4.78, 5) is 31.5. The molecule has 0 atom stereocenters. The number of hydrogen-bond acceptors (Lipinski definition) is 5. The fraction of sp³-hybridized carbons (Fsp3) is 0.474. The van der Waals surface area contributed by atoms with Gasteiger partial charge in [-0.2, -0.15) is 0 Å². The van der Waals surface area contributed by atoms with Crippen molar-refractivity contribution >= 4 is 29.0 Å². The summed E-state index contributed by atoms with van der Waals surface area (Å²) in [5, 5.41) is 9.69. The van der Waals surface area contributed by atoms with E-state index in [4.69, 9.17) is 16.7 Å². The normalized spacial score (nSPS) is 19.3. The Labute approximate surface area is 158 Å². The number of rotatable bonds is 5. The molecule has 2 aliphatic heterocycles. The Hall–Kier alpha value is -1.89. The van der Waals surface area contributed by atoms with Crippen LogP contribution in [0.15, 0.2) is 30.0 Å². The van der Waals surface area contributed by atoms with Gasteiger partial charge in [0.2, 0.25) is 0 Å². The van der Waals surface area contributed by atoms with Crippen LogP contribution in [0.5, 0.6) is 0 Å². The van der Waals surface area contributed by atoms with Crippen molar-refractivity contribution < 1.29 is 14.7 Å². The molecule has 0 aromatic heterocycles. The summed E-state index contributed by atoms with van der Waals surface area (Å²) in [5.41, 5.74) is 1.65. The molecular formula is C19H24ClN3O3. The molecule has 2 heterocycles. The fourth-order valence-electron chi connectivity index (χ4n) is 3.51. The minimum absolute atomic E-state index is 0.122. The van der Waals surface area contributed by atoms with Crippen LogP contribution in [0.3, 0.4) is 0 Å². The summed E-state index contributed by atoms with van der Waals surface area (Å²) in [5.74, 6) is -0.481. The number of carbonyl (C=O) groups excluding carboxylic acids is 2. The molecule has 140 valence electrons. The first-order valence-corrected chi connectivity index (χ1v) is 9.28. The zero-order valence-electron chi connectivity index (χ0n) is 15.1. The Morgan fingerprint density at radius 2 is 1.65 bits per heavy atom. The maximum atomic E-state index is 13.0. The monoisotopic (exact) mass is 377 g/mol. The van der Waals surface area contributed by atoms with Crippen LogP contribution < -0.4 is 0 Å². The van der Waals surface area contributed by atoms with Crippen LogP contribution in [0.2, 0.25) is 5.02 Å². The Kier molecular flexibility index (Phi) is 5.65. The van der Waals surface area contributed by atoms with Gasteiger partial charge in [0, 0.05) is 43.8 Å². The van der Waals surface area contributed by atoms with Crippen molar-refractivity contribution in [3.05, 3.63) is 40.5 Å². The van der Waals surface area contributed by atoms with E-state index in [0.29, 0.717) is 41.5 Å². The maximum absolute atomic E-state index is 13.0. The second kappa shape index (κ2) is 7.78. The summed E-state index contributed by atoms with van der Waals surface area (Å²) in [7, 11) is 0. The van der Waals surface area contributed by atoms with Crippen molar-refractivity contribution in [3.63, 3.8) is 0 Å². The van der Waals surface area contributed by atoms with Gasteiger partial charge in [0.15, 0.2) is 0 Å². The lowest BCUT2D eigenvalue weighted by Crippen LogP contribution is -2.48. The summed E-state index contributed by atoms with van der Waals surface area (Å²) in [6, 6.07) is 6.83. The van der Waals surface area contributed by atoms with E-state index in [1.165, 1.54) is 4.90 Å². The number of nitrogens with zero attached hydrogens (tertiary/aromatic N) is 3. The number of β-amino-alcohol motifs (C(OH)–C–C–N with tert-alkyl or cyclic N) is 1. The van der Waals surface area contributed by atoms with Crippen LogP contribution in [0, 0.1) is 0 Å². The minimum Gasteiger partial charge on any atom is -0.395 e. The average molecular weight is 378 g/mol. The molecule has 6 nitrogen and oxygen atoms in total. The average Bonchev–Trinajstić information content (AvgIpc) is 2.87. The van der Waals surface area contributed by atoms with Crippen LogP contribution in [0.25, 0.3) is 5.57 Å². The number of halogens is 1. The lowest BCUT2D eigenvalue weighted by molar-refractivity contribution is -0.139. The topological polar surface area (TPSA) is 64.1 Å². The van der Waals surface area contributed by atoms with Crippen molar-refractivity contribution in [2.24, 2.45) is 0 Å². The number of imide groups is 1. The van der Waals surface area contributed by atoms with Gasteiger partial charge in [-0.1, -0.05) is 23.7 Å². The third kappa shape index (κ3) is 3.49. The SMILES string of the molecule is CC(C)N1C(=O)C(c2ccc(Cl)cc2)=C(N2CCN(CCO)CC2)C1=O. The first-order chi connectivity index (χ1) is 12.4. The smallest absolute Gasteiger partial charge is 0.278 e. The van der Waals surface area contributed by atoms with E-state index in [1.807, 2.05) is 18.7 Å². The van der Waals surface area contributed by atoms with Gasteiger partial charge in [-0.3, -0.25) is 19.4 Å². The standard InChI is InChI=1S/C19H24ClN3O3/c1-13(2)23-18(25)16(14-3-5-15(20)6-4-14)17(19(23)26)22-9-7-21(8-10-22)11-12-24/h3-6,13,24H,7-12H2,1-2H3. The van der Waals surface area contributed by atoms with Gasteiger partial charge in [-0.05, 0) is 31.5 Å². The number of hydrogen-bond donors (Lipinski definition) is 1. The number of benzene rings is 1. The highest BCUT2D eigenvalue weighted by atomic mass is 35.5. The molecule has 0 aliphatic carbocycles. The number of aliphatic hydroxyl groups excluding tert-OH is 1. The van der Waals surface area contributed by atoms with Gasteiger partial charge in [-0.25, -0.2) is 0 Å². The number of carbonyl (C=O) groups is 2. The molecule has 0 spiro atoms. The van der Waals surface area contributed by atoms with E-state index >= 15 is 0 Å². The van der Waals surface area contributed by atoms with Crippen LogP contribution in [-0.2, 0) is 9.59 Å². The van der Waals surface area contributed by atoms with Gasteiger partial charge in [-0.15, -0.1) is 0 Å². The lowest BCUT2D eigenvalue weighted by Gasteiger charge is -2.36. The summed E-state index contributed by atoms with van der Waals surface area (Å²) < 4.78 is 0. The third-order valence-corrected chi connectivity index (χ3v) is 5.10. The van der Waals surface area contributed by atoms with Gasteiger partial charge in [0.05, 0.1) is 12.2 Å². The highest BCUT2D eigenvalue weighted by Gasteiger charge is 2.43. The lowest BCUT2D eigenvalue weighted by atomic mass is 10.0. The van der Waals surface area contributed by atoms with E-state index < -0.39 is 0 Å². The molecule has 1 saturated heterocycles. The van der Waals surface area contributed by atoms with Crippen molar-refractivity contribution in [3.8, 4) is 0 Å². The van der Waals surface area contributed by atoms with E-state index in [-0.39, 0.29) is 24.5 Å². The Balaban J connectivity index is 1.97. The van der Waals surface area contributed by atoms with E-state index in [9.17, 15) is 9.59 Å². The predicted molar refractivity (Wildman–Crippen MR) is 100 cm³/mol. The molecule has 26 heavy (non-hydrogen) atoms. The molecule has 1 aromatic carbocycles. The summed E-state index contributed by atoms with van der Waals surface area (Å²) in [6.07, 6.45) is 0. The molecule has 1 fully saturated rings. The molecule has 1 aromatic rings. The molecule has 2 amide bonds. The minimum atomic E-state index is -0.250. The Morgan fingerprint density at radius 3 is 2.19 bits per heavy atom. The molecule has 2 aliphatic rings. The largest absolute Gasteiger partial charge is 0.395 e. The molecular weight excluding hydrogens is 354 g/mol. The Morgan fingerprint density at radius 1 is 1.04 bits per heavy atom. The van der Waals surface area contributed by atoms with Gasteiger partial charge in [0.1, 0.15) is 5.70 Å². The van der Waals surface area contributed by atoms with Gasteiger partial charge < -0.3 is 10.0 Å². The van der Waals surface area contributed by atoms with Crippen molar-refractivity contribution in [1.29, 1.82) is 0 Å². The Bertz CT molecular complexity index is 722. The highest BCUT2D eigenvalue weighted by molar-refractivity contribution is 6.36. The second-order valence-corrected chi connectivity index (χ2v) is 7.29. The summed E-state index contributed by atoms with van der Waals surface area (Å²) in [6.45, 7) is 7.24. The van der Waals surface area contributed by atoms with Crippen molar-refractivity contribution in [2.75, 3.05) is 39.3 Å². The first kappa shape index (κ1) is 18.9. The zero-order valence-corrected chi connectivity index (χ0v) is 15.9. The molecule has 7 heteroatoms. The third-order valence-electron chi connectivity index (χ3n) is 4.84. The van der Waals surface area contributed by atoms with Crippen LogP contribution in [-0.4, -0.2) is 77.0 Å². The molecule has 3 rings (SSSR count). The van der Waals surface area contributed by atoms with Crippen LogP contribution in [0.1, 0.15) is 19.4 Å². The second-order valence-electron chi connectivity index (χ2n) is 6.86. The van der Waals surface area contributed by atoms with Gasteiger partial charge in [0.25, 0.3) is 11.8 Å². The molecule has 1 N–H and O–H groups in total. The quantitative estimate of drug-likeness (QED) is 0.787. The zero-order chi connectivity index (χ0) is 18.8. The number of amides is 2. The van der Waals surface area contributed by atoms with Crippen LogP contribution >= 0.6 is 11.6 Å². The van der Waals surface area contributed by atoms with Crippen LogP contribution in [0.4, 0.5) is 0 Å². The maximum Gasteiger partial charge on any atom is 0.278 e. The van der Waals surface area contributed by atoms with Gasteiger partial charge >= 0.3 is 0 Å². The first-order valence-electron chi connectivity index (χ1n) is 8.90. The fourth-order valence-corrected chi connectivity index (χ4v) is 3.64. The van der Waals surface area contributed by atoms with E-state index in [2.05, 4.69) is 4.90 Å². The molecule has 0 radical (unpaired) electrons. The van der Waals surface area contributed by atoms with E-state index in [0.717, 1.165) is 13.1 Å². The van der Waals surface area contributed by atoms with Crippen molar-refractivity contribution in [1.82, 2.24) is 14.7 Å².